The first-order chi connectivity index (χ1) is 16.3. The molecule has 0 aliphatic carbocycles. The molecule has 1 unspecified atom stereocenters. The van der Waals surface area contributed by atoms with Gasteiger partial charge in [-0.3, -0.25) is 20.2 Å². The molecule has 3 rings (SSSR count). The van der Waals surface area contributed by atoms with E-state index in [1.165, 1.54) is 18.8 Å². The number of rotatable bonds is 9. The number of nitrogens with zero attached hydrogens (tertiary/aromatic N) is 2. The summed E-state index contributed by atoms with van der Waals surface area (Å²) >= 11 is 0. The summed E-state index contributed by atoms with van der Waals surface area (Å²) in [5.41, 5.74) is 6.66. The van der Waals surface area contributed by atoms with Crippen LogP contribution in [0.15, 0.2) is 40.3 Å². The molecule has 11 nitrogen and oxygen atoms in total. The van der Waals surface area contributed by atoms with Gasteiger partial charge in [0.1, 0.15) is 11.6 Å². The quantitative estimate of drug-likeness (QED) is 0.371. The van der Waals surface area contributed by atoms with E-state index in [1.807, 2.05) is 6.92 Å². The first-order valence-corrected chi connectivity index (χ1v) is 10.8. The largest absolute Gasteiger partial charge is 0.497 e. The van der Waals surface area contributed by atoms with E-state index >= 15 is 0 Å². The fourth-order valence-electron chi connectivity index (χ4n) is 3.80. The molecular weight excluding hydrogens is 442 g/mol. The molecule has 2 aromatic rings. The van der Waals surface area contributed by atoms with Crippen LogP contribution in [0.1, 0.15) is 42.6 Å². The molecule has 1 amide bonds. The maximum absolute atomic E-state index is 12.8. The van der Waals surface area contributed by atoms with Crippen molar-refractivity contribution >= 4 is 23.5 Å². The Morgan fingerprint density at radius 2 is 2.03 bits per heavy atom. The molecule has 0 spiro atoms. The topological polar surface area (TPSA) is 133 Å². The smallest absolute Gasteiger partial charge is 0.351 e. The second kappa shape index (κ2) is 10.8. The molecule has 0 radical (unpaired) electrons. The summed E-state index contributed by atoms with van der Waals surface area (Å²) in [6, 6.07) is 6.62. The van der Waals surface area contributed by atoms with Crippen LogP contribution in [0.25, 0.3) is 0 Å². The van der Waals surface area contributed by atoms with E-state index < -0.39 is 23.5 Å². The number of methoxy groups -OCH3 is 2. The standard InChI is InChI=1S/C23H29N5O6/c1-6-34-22(30)17-13(2)18-19(26-27-21(29)15-8-7-9-16(12-15)33-5)25-23(31)28(10-11-32-4)20(18)24-14(17)3/h7-9,12-13,24H,6,10-11H2,1-5H3,(H,27,29)(H,25,26,31). The average molecular weight is 472 g/mol. The minimum absolute atomic E-state index is 0.124. The number of hydrogen-bond acceptors (Lipinski definition) is 9. The van der Waals surface area contributed by atoms with Gasteiger partial charge in [0.05, 0.1) is 32.4 Å². The molecule has 1 aliphatic heterocycles. The molecule has 34 heavy (non-hydrogen) atoms. The van der Waals surface area contributed by atoms with Crippen molar-refractivity contribution in [3.8, 4) is 5.75 Å². The Kier molecular flexibility index (Phi) is 7.90. The van der Waals surface area contributed by atoms with E-state index in [9.17, 15) is 14.4 Å². The van der Waals surface area contributed by atoms with E-state index in [0.29, 0.717) is 34.0 Å². The Labute approximate surface area is 197 Å². The van der Waals surface area contributed by atoms with Gasteiger partial charge in [0, 0.05) is 29.9 Å². The lowest BCUT2D eigenvalue weighted by Crippen LogP contribution is -2.37. The van der Waals surface area contributed by atoms with Gasteiger partial charge in [-0.25, -0.2) is 9.59 Å². The molecule has 182 valence electrons. The summed E-state index contributed by atoms with van der Waals surface area (Å²) < 4.78 is 17.0. The van der Waals surface area contributed by atoms with Gasteiger partial charge in [-0.2, -0.15) is 4.98 Å². The Morgan fingerprint density at radius 1 is 1.26 bits per heavy atom. The highest BCUT2D eigenvalue weighted by molar-refractivity contribution is 5.96. The Balaban J connectivity index is 2.00. The van der Waals surface area contributed by atoms with Crippen molar-refractivity contribution in [2.45, 2.75) is 33.2 Å². The first kappa shape index (κ1) is 24.8. The van der Waals surface area contributed by atoms with Crippen LogP contribution in [0.4, 0.5) is 11.6 Å². The van der Waals surface area contributed by atoms with Crippen LogP contribution in [-0.4, -0.2) is 48.9 Å². The highest BCUT2D eigenvalue weighted by Crippen LogP contribution is 2.40. The highest BCUT2D eigenvalue weighted by Gasteiger charge is 2.34. The number of hydrazine groups is 1. The summed E-state index contributed by atoms with van der Waals surface area (Å²) in [5, 5.41) is 3.15. The van der Waals surface area contributed by atoms with Crippen LogP contribution < -0.4 is 26.6 Å². The maximum Gasteiger partial charge on any atom is 0.351 e. The number of anilines is 2. The zero-order valence-corrected chi connectivity index (χ0v) is 19.9. The van der Waals surface area contributed by atoms with Crippen molar-refractivity contribution in [1.29, 1.82) is 0 Å². The van der Waals surface area contributed by atoms with Gasteiger partial charge in [0.15, 0.2) is 5.82 Å². The van der Waals surface area contributed by atoms with Crippen LogP contribution in [0.3, 0.4) is 0 Å². The molecule has 11 heteroatoms. The zero-order chi connectivity index (χ0) is 24.8. The average Bonchev–Trinajstić information content (AvgIpc) is 2.81. The number of ether oxygens (including phenoxy) is 3. The third kappa shape index (κ3) is 5.04. The summed E-state index contributed by atoms with van der Waals surface area (Å²) in [6.45, 7) is 6.06. The molecule has 1 aromatic heterocycles. The number of fused-ring (bicyclic) bond motifs is 1. The Hall–Kier alpha value is -3.86. The van der Waals surface area contributed by atoms with Gasteiger partial charge in [-0.1, -0.05) is 13.0 Å². The summed E-state index contributed by atoms with van der Waals surface area (Å²) in [4.78, 5) is 42.3. The van der Waals surface area contributed by atoms with Gasteiger partial charge < -0.3 is 19.5 Å². The van der Waals surface area contributed by atoms with Crippen molar-refractivity contribution < 1.29 is 23.8 Å². The number of carbonyl (C=O) groups excluding carboxylic acids is 2. The van der Waals surface area contributed by atoms with Crippen LogP contribution in [-0.2, 0) is 20.8 Å². The molecule has 1 aromatic carbocycles. The molecule has 0 bridgehead atoms. The minimum Gasteiger partial charge on any atom is -0.497 e. The molecule has 0 saturated carbocycles. The number of allylic oxidation sites excluding steroid dienone is 1. The third-order valence-electron chi connectivity index (χ3n) is 5.44. The van der Waals surface area contributed by atoms with E-state index in [-0.39, 0.29) is 25.6 Å². The predicted octanol–water partition coefficient (Wildman–Crippen LogP) is 2.02. The molecule has 0 saturated heterocycles. The molecule has 0 fully saturated rings. The highest BCUT2D eigenvalue weighted by atomic mass is 16.5. The second-order valence-corrected chi connectivity index (χ2v) is 7.57. The number of nitrogens with one attached hydrogen (secondary N) is 3. The van der Waals surface area contributed by atoms with E-state index in [4.69, 9.17) is 14.2 Å². The maximum atomic E-state index is 12.8. The van der Waals surface area contributed by atoms with Gasteiger partial charge in [-0.15, -0.1) is 0 Å². The minimum atomic E-state index is -0.541. The predicted molar refractivity (Wildman–Crippen MR) is 126 cm³/mol. The van der Waals surface area contributed by atoms with E-state index in [1.54, 1.807) is 38.1 Å². The van der Waals surface area contributed by atoms with E-state index in [2.05, 4.69) is 21.2 Å². The molecule has 1 atom stereocenters. The number of hydrogen-bond donors (Lipinski definition) is 3. The monoisotopic (exact) mass is 471 g/mol. The van der Waals surface area contributed by atoms with Crippen molar-refractivity contribution in [3.05, 3.63) is 57.1 Å². The summed E-state index contributed by atoms with van der Waals surface area (Å²) in [6.07, 6.45) is 0. The number of benzene rings is 1. The number of esters is 1. The number of carbonyl (C=O) groups is 2. The van der Waals surface area contributed by atoms with Gasteiger partial charge in [-0.05, 0) is 32.0 Å². The lowest BCUT2D eigenvalue weighted by atomic mass is 9.89. The van der Waals surface area contributed by atoms with Crippen molar-refractivity contribution in [3.63, 3.8) is 0 Å². The summed E-state index contributed by atoms with van der Waals surface area (Å²) in [5.74, 6) is -0.277. The Morgan fingerprint density at radius 3 is 2.71 bits per heavy atom. The molecular formula is C23H29N5O6. The van der Waals surface area contributed by atoms with Crippen molar-refractivity contribution in [2.24, 2.45) is 0 Å². The Bertz CT molecular complexity index is 1170. The van der Waals surface area contributed by atoms with E-state index in [0.717, 1.165) is 0 Å². The lowest BCUT2D eigenvalue weighted by molar-refractivity contribution is -0.138. The van der Waals surface area contributed by atoms with Gasteiger partial charge in [0.25, 0.3) is 5.91 Å². The normalized spacial score (nSPS) is 14.7. The van der Waals surface area contributed by atoms with Crippen LogP contribution in [0, 0.1) is 0 Å². The van der Waals surface area contributed by atoms with Gasteiger partial charge >= 0.3 is 11.7 Å². The summed E-state index contributed by atoms with van der Waals surface area (Å²) in [7, 11) is 3.05. The van der Waals surface area contributed by atoms with Crippen molar-refractivity contribution in [1.82, 2.24) is 15.0 Å². The van der Waals surface area contributed by atoms with Crippen LogP contribution in [0.2, 0.25) is 0 Å². The van der Waals surface area contributed by atoms with Crippen molar-refractivity contribution in [2.75, 3.05) is 38.2 Å². The number of amides is 1. The molecule has 3 N–H and O–H groups in total. The molecule has 1 aliphatic rings. The van der Waals surface area contributed by atoms with Crippen LogP contribution >= 0.6 is 0 Å². The first-order valence-electron chi connectivity index (χ1n) is 10.8. The zero-order valence-electron chi connectivity index (χ0n) is 19.9. The molecule has 2 heterocycles. The van der Waals surface area contributed by atoms with Gasteiger partial charge in [0.2, 0.25) is 0 Å². The van der Waals surface area contributed by atoms with Crippen LogP contribution in [0.5, 0.6) is 5.75 Å². The SMILES string of the molecule is CCOC(=O)C1=C(C)Nc2c(c(NNC(=O)c3cccc(OC)c3)nc(=O)n2CCOC)C1C. The fourth-order valence-corrected chi connectivity index (χ4v) is 3.80. The number of aromatic nitrogens is 2. The fraction of sp³-hybridized carbons (Fsp3) is 0.391. The second-order valence-electron chi connectivity index (χ2n) is 7.57. The third-order valence-corrected chi connectivity index (χ3v) is 5.44. The lowest BCUT2D eigenvalue weighted by Gasteiger charge is -2.30.